The van der Waals surface area contributed by atoms with Crippen LogP contribution in [0.25, 0.3) is 0 Å². The number of aliphatic hydroxyl groups is 1. The van der Waals surface area contributed by atoms with E-state index in [-0.39, 0.29) is 6.61 Å². The number of hydrogen-bond donors (Lipinski definition) is 2. The molecule has 0 aliphatic heterocycles. The number of rotatable bonds is 4. The topological polar surface area (TPSA) is 56.0 Å². The van der Waals surface area contributed by atoms with Crippen molar-refractivity contribution in [1.82, 2.24) is 5.32 Å². The van der Waals surface area contributed by atoms with Crippen LogP contribution in [-0.2, 0) is 6.54 Å². The number of hydrogen-bond acceptors (Lipinski definition) is 3. The van der Waals surface area contributed by atoms with E-state index in [4.69, 9.17) is 5.26 Å². The molecule has 1 aromatic carbocycles. The molecule has 1 aliphatic rings. The molecule has 2 atom stereocenters. The van der Waals surface area contributed by atoms with Crippen LogP contribution in [0.3, 0.4) is 0 Å². The van der Waals surface area contributed by atoms with Crippen molar-refractivity contribution < 1.29 is 5.11 Å². The minimum absolute atomic E-state index is 0.283. The van der Waals surface area contributed by atoms with E-state index < -0.39 is 0 Å². The molecule has 17 heavy (non-hydrogen) atoms. The van der Waals surface area contributed by atoms with Gasteiger partial charge in [0, 0.05) is 19.2 Å². The monoisotopic (exact) mass is 230 g/mol. The fourth-order valence-electron chi connectivity index (χ4n) is 2.47. The molecule has 2 unspecified atom stereocenters. The zero-order valence-corrected chi connectivity index (χ0v) is 9.89. The SMILES string of the molecule is N#Cc1ccc(CNC2CCCC2CO)cc1. The highest BCUT2D eigenvalue weighted by atomic mass is 16.3. The maximum Gasteiger partial charge on any atom is 0.0991 e. The van der Waals surface area contributed by atoms with Crippen molar-refractivity contribution in [3.63, 3.8) is 0 Å². The van der Waals surface area contributed by atoms with Gasteiger partial charge in [-0.3, -0.25) is 0 Å². The summed E-state index contributed by atoms with van der Waals surface area (Å²) in [7, 11) is 0. The third kappa shape index (κ3) is 3.06. The zero-order valence-electron chi connectivity index (χ0n) is 9.89. The van der Waals surface area contributed by atoms with E-state index in [0.717, 1.165) is 19.4 Å². The summed E-state index contributed by atoms with van der Waals surface area (Å²) < 4.78 is 0. The molecule has 0 saturated heterocycles. The zero-order chi connectivity index (χ0) is 12.1. The molecule has 0 radical (unpaired) electrons. The second kappa shape index (κ2) is 5.81. The van der Waals surface area contributed by atoms with Crippen LogP contribution < -0.4 is 5.32 Å². The Hall–Kier alpha value is -1.37. The fourth-order valence-corrected chi connectivity index (χ4v) is 2.47. The molecule has 3 nitrogen and oxygen atoms in total. The molecule has 2 N–H and O–H groups in total. The van der Waals surface area contributed by atoms with Gasteiger partial charge in [0.2, 0.25) is 0 Å². The Balaban J connectivity index is 1.87. The minimum atomic E-state index is 0.283. The Morgan fingerprint density at radius 2 is 2.06 bits per heavy atom. The Morgan fingerprint density at radius 1 is 1.29 bits per heavy atom. The lowest BCUT2D eigenvalue weighted by molar-refractivity contribution is 0.205. The second-order valence-electron chi connectivity index (χ2n) is 4.67. The molecule has 90 valence electrons. The maximum atomic E-state index is 9.23. The number of nitrogens with zero attached hydrogens (tertiary/aromatic N) is 1. The van der Waals surface area contributed by atoms with Gasteiger partial charge in [-0.1, -0.05) is 18.6 Å². The van der Waals surface area contributed by atoms with Crippen LogP contribution in [0.15, 0.2) is 24.3 Å². The Kier molecular flexibility index (Phi) is 4.13. The van der Waals surface area contributed by atoms with Gasteiger partial charge in [-0.2, -0.15) is 5.26 Å². The van der Waals surface area contributed by atoms with Crippen LogP contribution in [0.5, 0.6) is 0 Å². The summed E-state index contributed by atoms with van der Waals surface area (Å²) in [6.45, 7) is 1.10. The van der Waals surface area contributed by atoms with E-state index in [1.807, 2.05) is 24.3 Å². The average molecular weight is 230 g/mol. The molecule has 0 bridgehead atoms. The van der Waals surface area contributed by atoms with Crippen molar-refractivity contribution in [2.45, 2.75) is 31.8 Å². The smallest absolute Gasteiger partial charge is 0.0991 e. The molecule has 1 aliphatic carbocycles. The molecule has 1 saturated carbocycles. The van der Waals surface area contributed by atoms with Gasteiger partial charge >= 0.3 is 0 Å². The first-order valence-electron chi connectivity index (χ1n) is 6.17. The molecule has 2 rings (SSSR count). The number of benzene rings is 1. The predicted octanol–water partition coefficient (Wildman–Crippen LogP) is 1.81. The van der Waals surface area contributed by atoms with Gasteiger partial charge in [-0.25, -0.2) is 0 Å². The Morgan fingerprint density at radius 3 is 2.71 bits per heavy atom. The van der Waals surface area contributed by atoms with Crippen LogP contribution in [0.1, 0.15) is 30.4 Å². The van der Waals surface area contributed by atoms with E-state index in [1.54, 1.807) is 0 Å². The quantitative estimate of drug-likeness (QED) is 0.829. The second-order valence-corrected chi connectivity index (χ2v) is 4.67. The van der Waals surface area contributed by atoms with Crippen molar-refractivity contribution in [2.24, 2.45) is 5.92 Å². The van der Waals surface area contributed by atoms with Crippen molar-refractivity contribution in [2.75, 3.05) is 6.61 Å². The maximum absolute atomic E-state index is 9.23. The van der Waals surface area contributed by atoms with Crippen LogP contribution >= 0.6 is 0 Å². The summed E-state index contributed by atoms with van der Waals surface area (Å²) in [5, 5.41) is 21.4. The van der Waals surface area contributed by atoms with Gasteiger partial charge < -0.3 is 10.4 Å². The molecule has 0 spiro atoms. The standard InChI is InChI=1S/C14H18N2O/c15-8-11-4-6-12(7-5-11)9-16-14-3-1-2-13(14)10-17/h4-7,13-14,16-17H,1-3,9-10H2. The third-order valence-electron chi connectivity index (χ3n) is 3.54. The van der Waals surface area contributed by atoms with E-state index in [2.05, 4.69) is 11.4 Å². The normalized spacial score (nSPS) is 23.5. The minimum Gasteiger partial charge on any atom is -0.396 e. The van der Waals surface area contributed by atoms with Crippen molar-refractivity contribution in [3.05, 3.63) is 35.4 Å². The third-order valence-corrected chi connectivity index (χ3v) is 3.54. The lowest BCUT2D eigenvalue weighted by Crippen LogP contribution is -2.33. The number of nitrogens with one attached hydrogen (secondary N) is 1. The van der Waals surface area contributed by atoms with Crippen LogP contribution in [0.2, 0.25) is 0 Å². The van der Waals surface area contributed by atoms with E-state index >= 15 is 0 Å². The molecule has 0 heterocycles. The Bertz CT molecular complexity index is 394. The first kappa shape index (κ1) is 12.1. The highest BCUT2D eigenvalue weighted by Gasteiger charge is 2.25. The number of aliphatic hydroxyl groups excluding tert-OH is 1. The molecule has 0 amide bonds. The summed E-state index contributed by atoms with van der Waals surface area (Å²) in [6, 6.07) is 10.2. The predicted molar refractivity (Wildman–Crippen MR) is 66.2 cm³/mol. The van der Waals surface area contributed by atoms with Gasteiger partial charge in [0.15, 0.2) is 0 Å². The average Bonchev–Trinajstić information content (AvgIpc) is 2.84. The lowest BCUT2D eigenvalue weighted by Gasteiger charge is -2.19. The fraction of sp³-hybridized carbons (Fsp3) is 0.500. The molecule has 1 fully saturated rings. The van der Waals surface area contributed by atoms with Gasteiger partial charge in [0.1, 0.15) is 0 Å². The molecule has 3 heteroatoms. The molecule has 1 aromatic rings. The first-order chi connectivity index (χ1) is 8.33. The van der Waals surface area contributed by atoms with Crippen LogP contribution in [-0.4, -0.2) is 17.8 Å². The summed E-state index contributed by atoms with van der Waals surface area (Å²) in [6.07, 6.45) is 3.49. The highest BCUT2D eigenvalue weighted by Crippen LogP contribution is 2.25. The van der Waals surface area contributed by atoms with Crippen LogP contribution in [0.4, 0.5) is 0 Å². The lowest BCUT2D eigenvalue weighted by atomic mass is 10.0. The van der Waals surface area contributed by atoms with Crippen LogP contribution in [0, 0.1) is 17.2 Å². The highest BCUT2D eigenvalue weighted by molar-refractivity contribution is 5.31. The summed E-state index contributed by atoms with van der Waals surface area (Å²) in [5.41, 5.74) is 1.88. The van der Waals surface area contributed by atoms with E-state index in [1.165, 1.54) is 12.0 Å². The van der Waals surface area contributed by atoms with E-state index in [9.17, 15) is 5.11 Å². The summed E-state index contributed by atoms with van der Waals surface area (Å²) >= 11 is 0. The molecule has 0 aromatic heterocycles. The van der Waals surface area contributed by atoms with Gasteiger partial charge in [0.05, 0.1) is 11.6 Å². The summed E-state index contributed by atoms with van der Waals surface area (Å²) in [5.74, 6) is 0.411. The summed E-state index contributed by atoms with van der Waals surface area (Å²) in [4.78, 5) is 0. The van der Waals surface area contributed by atoms with E-state index in [0.29, 0.717) is 17.5 Å². The first-order valence-corrected chi connectivity index (χ1v) is 6.17. The van der Waals surface area contributed by atoms with Gasteiger partial charge in [0.25, 0.3) is 0 Å². The largest absolute Gasteiger partial charge is 0.396 e. The molecular formula is C14H18N2O. The van der Waals surface area contributed by atoms with Gasteiger partial charge in [-0.05, 0) is 36.5 Å². The molecular weight excluding hydrogens is 212 g/mol. The van der Waals surface area contributed by atoms with Crippen molar-refractivity contribution in [1.29, 1.82) is 5.26 Å². The Labute approximate surface area is 102 Å². The van der Waals surface area contributed by atoms with Crippen molar-refractivity contribution >= 4 is 0 Å². The van der Waals surface area contributed by atoms with Gasteiger partial charge in [-0.15, -0.1) is 0 Å². The van der Waals surface area contributed by atoms with Crippen molar-refractivity contribution in [3.8, 4) is 6.07 Å². The number of nitriles is 1.